The van der Waals surface area contributed by atoms with Gasteiger partial charge in [0.1, 0.15) is 18.1 Å². The lowest BCUT2D eigenvalue weighted by Gasteiger charge is -2.22. The molecule has 0 aromatic rings. The molecule has 0 saturated carbocycles. The topological polar surface area (TPSA) is 230 Å². The summed E-state index contributed by atoms with van der Waals surface area (Å²) in [6.07, 6.45) is 2.17. The summed E-state index contributed by atoms with van der Waals surface area (Å²) in [4.78, 5) is 63.7. The molecule has 14 nitrogen and oxygen atoms in total. The van der Waals surface area contributed by atoms with Gasteiger partial charge in [0.15, 0.2) is 5.96 Å². The number of carbonyl (C=O) groups is 5. The molecule has 0 aliphatic carbocycles. The van der Waals surface area contributed by atoms with Gasteiger partial charge in [0.25, 0.3) is 0 Å². The van der Waals surface area contributed by atoms with Crippen molar-refractivity contribution in [3.63, 3.8) is 0 Å². The number of hydrogen-bond donors (Lipinski definition) is 8. The molecule has 0 aromatic heterocycles. The number of rotatable bonds is 13. The van der Waals surface area contributed by atoms with Crippen molar-refractivity contribution in [3.05, 3.63) is 0 Å². The van der Waals surface area contributed by atoms with Crippen LogP contribution in [0.2, 0.25) is 0 Å². The third-order valence-corrected chi connectivity index (χ3v) is 4.88. The fraction of sp³-hybridized carbons (Fsp3) is 0.684. The van der Waals surface area contributed by atoms with Crippen LogP contribution in [-0.4, -0.2) is 84.5 Å². The Morgan fingerprint density at radius 2 is 1.76 bits per heavy atom. The van der Waals surface area contributed by atoms with Crippen LogP contribution in [-0.2, 0) is 24.0 Å². The molecule has 14 heteroatoms. The number of carboxylic acids is 1. The summed E-state index contributed by atoms with van der Waals surface area (Å²) in [5, 5.41) is 21.6. The number of nitrogens with two attached hydrogens (primary N) is 2. The number of carboxylic acid groups (broad SMARTS) is 1. The zero-order chi connectivity index (χ0) is 25.0. The quantitative estimate of drug-likeness (QED) is 0.0756. The number of aliphatic carboxylic acids is 1. The fourth-order valence-electron chi connectivity index (χ4n) is 3.01. The summed E-state index contributed by atoms with van der Waals surface area (Å²) in [6, 6.07) is -3.41. The maximum atomic E-state index is 12.7. The molecule has 1 heterocycles. The number of nitrogens with one attached hydrogen (secondary N) is 5. The minimum absolute atomic E-state index is 0.0812. The van der Waals surface area contributed by atoms with E-state index in [-0.39, 0.29) is 30.9 Å². The molecule has 1 rings (SSSR count). The van der Waals surface area contributed by atoms with Gasteiger partial charge in [0.2, 0.25) is 23.6 Å². The van der Waals surface area contributed by atoms with E-state index in [1.165, 1.54) is 13.8 Å². The average molecular weight is 471 g/mol. The lowest BCUT2D eigenvalue weighted by Crippen LogP contribution is -2.55. The van der Waals surface area contributed by atoms with Crippen LogP contribution in [0.1, 0.15) is 39.5 Å². The number of aliphatic imine (C=N–C) groups is 1. The van der Waals surface area contributed by atoms with E-state index in [1.54, 1.807) is 0 Å². The summed E-state index contributed by atoms with van der Waals surface area (Å²) >= 11 is 0. The van der Waals surface area contributed by atoms with Crippen LogP contribution < -0.4 is 38.1 Å². The smallest absolute Gasteiger partial charge is 0.325 e. The third-order valence-electron chi connectivity index (χ3n) is 4.88. The van der Waals surface area contributed by atoms with E-state index < -0.39 is 48.4 Å². The van der Waals surface area contributed by atoms with Gasteiger partial charge in [-0.1, -0.05) is 0 Å². The highest BCUT2D eigenvalue weighted by Crippen LogP contribution is 2.07. The van der Waals surface area contributed by atoms with E-state index >= 15 is 0 Å². The summed E-state index contributed by atoms with van der Waals surface area (Å²) < 4.78 is 0. The van der Waals surface area contributed by atoms with Crippen LogP contribution in [0.25, 0.3) is 0 Å². The Labute approximate surface area is 191 Å². The third kappa shape index (κ3) is 10.6. The van der Waals surface area contributed by atoms with Gasteiger partial charge in [0.05, 0.1) is 12.6 Å². The first-order valence-corrected chi connectivity index (χ1v) is 10.7. The summed E-state index contributed by atoms with van der Waals surface area (Å²) in [5.41, 5.74) is 10.6. The standard InChI is InChI=1S/C19H34N8O6/c1-10(15(29)24-9-14(28)25-11(2)18(32)33)26-17(31)13(6-4-8-23-19(20)21)27-16(30)12-5-3-7-22-12/h10-13,22H,3-9H2,1-2H3,(H,24,29)(H,25,28)(H,26,31)(H,27,30)(H,32,33)(H4,20,21,23)/t10-,11-,12-,13-/m0/s1. The first-order chi connectivity index (χ1) is 15.5. The van der Waals surface area contributed by atoms with Gasteiger partial charge in [-0.05, 0) is 46.1 Å². The van der Waals surface area contributed by atoms with Gasteiger partial charge >= 0.3 is 5.97 Å². The van der Waals surface area contributed by atoms with E-state index in [0.717, 1.165) is 13.0 Å². The second kappa shape index (κ2) is 13.9. The fourth-order valence-corrected chi connectivity index (χ4v) is 3.01. The van der Waals surface area contributed by atoms with Crippen LogP contribution in [0, 0.1) is 0 Å². The minimum Gasteiger partial charge on any atom is -0.480 e. The van der Waals surface area contributed by atoms with Gasteiger partial charge in [-0.25, -0.2) is 0 Å². The van der Waals surface area contributed by atoms with Crippen molar-refractivity contribution in [1.29, 1.82) is 0 Å². The maximum absolute atomic E-state index is 12.7. The molecule has 186 valence electrons. The van der Waals surface area contributed by atoms with Crippen LogP contribution in [0.5, 0.6) is 0 Å². The highest BCUT2D eigenvalue weighted by Gasteiger charge is 2.28. The summed E-state index contributed by atoms with van der Waals surface area (Å²) in [5.74, 6) is -3.51. The van der Waals surface area contributed by atoms with Gasteiger partial charge < -0.3 is 43.2 Å². The Morgan fingerprint density at radius 1 is 1.06 bits per heavy atom. The molecule has 1 aliphatic heterocycles. The minimum atomic E-state index is -1.21. The highest BCUT2D eigenvalue weighted by molar-refractivity contribution is 5.94. The Hall–Kier alpha value is -3.42. The van der Waals surface area contributed by atoms with Gasteiger partial charge in [0, 0.05) is 6.54 Å². The molecule has 0 radical (unpaired) electrons. The second-order valence-corrected chi connectivity index (χ2v) is 7.73. The van der Waals surface area contributed by atoms with E-state index in [1.807, 2.05) is 0 Å². The number of guanidine groups is 1. The molecule has 1 aliphatic rings. The lowest BCUT2D eigenvalue weighted by atomic mass is 10.1. The Balaban J connectivity index is 2.61. The zero-order valence-electron chi connectivity index (χ0n) is 18.8. The molecule has 0 bridgehead atoms. The average Bonchev–Trinajstić information content (AvgIpc) is 3.28. The molecule has 1 fully saturated rings. The number of hydrogen-bond acceptors (Lipinski definition) is 7. The Bertz CT molecular complexity index is 749. The van der Waals surface area contributed by atoms with Crippen molar-refractivity contribution in [1.82, 2.24) is 26.6 Å². The molecular formula is C19H34N8O6. The van der Waals surface area contributed by atoms with Crippen molar-refractivity contribution in [2.45, 2.75) is 63.7 Å². The summed E-state index contributed by atoms with van der Waals surface area (Å²) in [6.45, 7) is 3.23. The van der Waals surface area contributed by atoms with Gasteiger partial charge in [-0.3, -0.25) is 29.0 Å². The van der Waals surface area contributed by atoms with Crippen molar-refractivity contribution in [3.8, 4) is 0 Å². The number of nitrogens with zero attached hydrogens (tertiary/aromatic N) is 1. The zero-order valence-corrected chi connectivity index (χ0v) is 18.8. The monoisotopic (exact) mass is 470 g/mol. The van der Waals surface area contributed by atoms with Crippen LogP contribution >= 0.6 is 0 Å². The SMILES string of the molecule is C[C@H](NC(=O)CNC(=O)[C@H](C)NC(=O)[C@H](CCCN=C(N)N)NC(=O)[C@@H]1CCCN1)C(=O)O. The lowest BCUT2D eigenvalue weighted by molar-refractivity contribution is -0.141. The molecule has 0 spiro atoms. The molecule has 33 heavy (non-hydrogen) atoms. The van der Waals surface area contributed by atoms with E-state index in [4.69, 9.17) is 16.6 Å². The van der Waals surface area contributed by atoms with Crippen molar-refractivity contribution in [2.24, 2.45) is 16.5 Å². The summed E-state index contributed by atoms with van der Waals surface area (Å²) in [7, 11) is 0. The number of amides is 4. The molecule has 0 unspecified atom stereocenters. The van der Waals surface area contributed by atoms with Crippen LogP contribution in [0.3, 0.4) is 0 Å². The molecule has 1 saturated heterocycles. The second-order valence-electron chi connectivity index (χ2n) is 7.73. The van der Waals surface area contributed by atoms with E-state index in [2.05, 4.69) is 31.6 Å². The van der Waals surface area contributed by atoms with E-state index in [0.29, 0.717) is 12.8 Å². The molecule has 10 N–H and O–H groups in total. The molecule has 0 aromatic carbocycles. The normalized spacial score (nSPS) is 17.7. The predicted octanol–water partition coefficient (Wildman–Crippen LogP) is -3.51. The number of carbonyl (C=O) groups excluding carboxylic acids is 4. The maximum Gasteiger partial charge on any atom is 0.325 e. The Morgan fingerprint density at radius 3 is 2.33 bits per heavy atom. The van der Waals surface area contributed by atoms with Gasteiger partial charge in [-0.15, -0.1) is 0 Å². The molecule has 4 atom stereocenters. The molecular weight excluding hydrogens is 436 g/mol. The Kier molecular flexibility index (Phi) is 11.6. The van der Waals surface area contributed by atoms with Crippen LogP contribution in [0.15, 0.2) is 4.99 Å². The van der Waals surface area contributed by atoms with Gasteiger partial charge in [-0.2, -0.15) is 0 Å². The van der Waals surface area contributed by atoms with E-state index in [9.17, 15) is 24.0 Å². The first kappa shape index (κ1) is 27.6. The highest BCUT2D eigenvalue weighted by atomic mass is 16.4. The van der Waals surface area contributed by atoms with Crippen molar-refractivity contribution in [2.75, 3.05) is 19.6 Å². The largest absolute Gasteiger partial charge is 0.480 e. The molecule has 4 amide bonds. The predicted molar refractivity (Wildman–Crippen MR) is 119 cm³/mol. The van der Waals surface area contributed by atoms with Crippen LogP contribution in [0.4, 0.5) is 0 Å². The van der Waals surface area contributed by atoms with Crippen molar-refractivity contribution >= 4 is 35.6 Å². The first-order valence-electron chi connectivity index (χ1n) is 10.7. The van der Waals surface area contributed by atoms with Crippen molar-refractivity contribution < 1.29 is 29.1 Å².